The summed E-state index contributed by atoms with van der Waals surface area (Å²) < 4.78 is 79.2. The molecule has 1 saturated heterocycles. The fraction of sp³-hybridized carbons (Fsp3) is 0.800. The first-order valence-electron chi connectivity index (χ1n) is 5.76. The fourth-order valence-corrected chi connectivity index (χ4v) is 1.81. The molecule has 0 bridgehead atoms. The Balaban J connectivity index is 2.77. The molecule has 1 aliphatic rings. The van der Waals surface area contributed by atoms with Gasteiger partial charge in [-0.25, -0.2) is 0 Å². The number of rotatable bonds is 5. The van der Waals surface area contributed by atoms with Gasteiger partial charge in [-0.1, -0.05) is 6.42 Å². The van der Waals surface area contributed by atoms with E-state index in [1.54, 1.807) is 0 Å². The largest absolute Gasteiger partial charge is 0.481 e. The maximum Gasteiger partial charge on any atom is 0.452 e. The van der Waals surface area contributed by atoms with Crippen molar-refractivity contribution in [2.45, 2.75) is 49.8 Å². The number of unbranched alkanes of at least 4 members (excludes halogenated alkanes) is 1. The van der Waals surface area contributed by atoms with Crippen LogP contribution in [0.5, 0.6) is 0 Å². The van der Waals surface area contributed by atoms with Gasteiger partial charge in [0, 0.05) is 6.42 Å². The highest BCUT2D eigenvalue weighted by atomic mass is 19.4. The number of aliphatic carboxylic acids is 1. The molecule has 1 heterocycles. The number of carbonyl (C=O) groups is 2. The molecule has 1 atom stereocenters. The van der Waals surface area contributed by atoms with E-state index in [9.17, 15) is 35.9 Å². The van der Waals surface area contributed by atoms with Crippen molar-refractivity contribution in [1.29, 1.82) is 0 Å². The van der Waals surface area contributed by atoms with E-state index in [0.29, 0.717) is 0 Å². The van der Waals surface area contributed by atoms with Gasteiger partial charge in [0.1, 0.15) is 6.04 Å². The Morgan fingerprint density at radius 1 is 1.19 bits per heavy atom. The maximum absolute atomic E-state index is 12.6. The van der Waals surface area contributed by atoms with E-state index in [1.807, 2.05) is 0 Å². The number of hydrogen-bond donors (Lipinski definition) is 2. The summed E-state index contributed by atoms with van der Waals surface area (Å²) in [6.45, 7) is 0. The molecule has 0 radical (unpaired) electrons. The van der Waals surface area contributed by atoms with Crippen molar-refractivity contribution in [1.82, 2.24) is 5.32 Å². The van der Waals surface area contributed by atoms with E-state index in [2.05, 4.69) is 4.74 Å². The van der Waals surface area contributed by atoms with E-state index >= 15 is 0 Å². The topological polar surface area (TPSA) is 75.6 Å². The normalized spacial score (nSPS) is 22.2. The molecule has 1 aliphatic heterocycles. The number of ether oxygens (including phenoxy) is 1. The molecule has 1 fully saturated rings. The Morgan fingerprint density at radius 2 is 1.71 bits per heavy atom. The van der Waals surface area contributed by atoms with Crippen LogP contribution in [-0.2, 0) is 14.3 Å². The predicted molar refractivity (Wildman–Crippen MR) is 54.0 cm³/mol. The molecule has 5 nitrogen and oxygen atoms in total. The van der Waals surface area contributed by atoms with Crippen molar-refractivity contribution in [3.8, 4) is 0 Å². The van der Waals surface area contributed by atoms with Crippen LogP contribution in [0.2, 0.25) is 0 Å². The van der Waals surface area contributed by atoms with Crippen molar-refractivity contribution in [2.24, 2.45) is 0 Å². The number of alkyl halides is 6. The molecule has 122 valence electrons. The standard InChI is InChI=1S/C10H11F6NO4/c11-9(12,13)8(10(14,15)16)17-5(7(20)21-8)3-1-2-4-6(18)19/h5,17H,1-4H2,(H,18,19)/t5-/m0/s1. The molecule has 1 rings (SSSR count). The second-order valence-electron chi connectivity index (χ2n) is 4.43. The molecule has 0 aromatic heterocycles. The van der Waals surface area contributed by atoms with Crippen molar-refractivity contribution in [2.75, 3.05) is 0 Å². The maximum atomic E-state index is 12.6. The van der Waals surface area contributed by atoms with E-state index < -0.39 is 36.1 Å². The molecule has 0 aliphatic carbocycles. The Kier molecular flexibility index (Phi) is 4.76. The lowest BCUT2D eigenvalue weighted by Gasteiger charge is -2.31. The van der Waals surface area contributed by atoms with Gasteiger partial charge >= 0.3 is 30.0 Å². The second-order valence-corrected chi connectivity index (χ2v) is 4.43. The Labute approximate surface area is 114 Å². The van der Waals surface area contributed by atoms with E-state index in [-0.39, 0.29) is 25.7 Å². The first-order chi connectivity index (χ1) is 9.41. The van der Waals surface area contributed by atoms with Crippen LogP contribution in [-0.4, -0.2) is 41.2 Å². The van der Waals surface area contributed by atoms with Gasteiger partial charge in [0.25, 0.3) is 0 Å². The van der Waals surface area contributed by atoms with Gasteiger partial charge in [0.2, 0.25) is 0 Å². The number of hydrogen-bond acceptors (Lipinski definition) is 4. The number of carboxylic acids is 1. The third-order valence-corrected chi connectivity index (χ3v) is 2.85. The van der Waals surface area contributed by atoms with Gasteiger partial charge in [-0.3, -0.25) is 14.9 Å². The average molecular weight is 323 g/mol. The monoisotopic (exact) mass is 323 g/mol. The summed E-state index contributed by atoms with van der Waals surface area (Å²) in [6, 6.07) is -1.79. The lowest BCUT2D eigenvalue weighted by atomic mass is 10.1. The van der Waals surface area contributed by atoms with Crippen LogP contribution in [0.1, 0.15) is 25.7 Å². The van der Waals surface area contributed by atoms with Crippen molar-refractivity contribution < 1.29 is 45.8 Å². The highest BCUT2D eigenvalue weighted by molar-refractivity contribution is 5.78. The van der Waals surface area contributed by atoms with Gasteiger partial charge in [-0.15, -0.1) is 0 Å². The summed E-state index contributed by atoms with van der Waals surface area (Å²) in [5, 5.41) is 9.50. The third kappa shape index (κ3) is 3.57. The zero-order valence-electron chi connectivity index (χ0n) is 10.3. The van der Waals surface area contributed by atoms with Crippen LogP contribution in [0.4, 0.5) is 26.3 Å². The van der Waals surface area contributed by atoms with Crippen molar-refractivity contribution >= 4 is 11.9 Å². The Bertz CT molecular complexity index is 405. The van der Waals surface area contributed by atoms with Crippen LogP contribution in [0.25, 0.3) is 0 Å². The summed E-state index contributed by atoms with van der Waals surface area (Å²) >= 11 is 0. The minimum atomic E-state index is -5.86. The number of cyclic esters (lactones) is 1. The minimum absolute atomic E-state index is 0.0197. The molecule has 0 spiro atoms. The summed E-state index contributed by atoms with van der Waals surface area (Å²) in [7, 11) is 0. The van der Waals surface area contributed by atoms with Crippen LogP contribution >= 0.6 is 0 Å². The average Bonchev–Trinajstić information content (AvgIpc) is 2.62. The van der Waals surface area contributed by atoms with E-state index in [0.717, 1.165) is 5.32 Å². The smallest absolute Gasteiger partial charge is 0.452 e. The molecular formula is C10H11F6NO4. The molecule has 21 heavy (non-hydrogen) atoms. The zero-order valence-corrected chi connectivity index (χ0v) is 10.3. The van der Waals surface area contributed by atoms with Gasteiger partial charge in [0.15, 0.2) is 0 Å². The number of nitrogens with one attached hydrogen (secondary N) is 1. The fourth-order valence-electron chi connectivity index (χ4n) is 1.81. The summed E-state index contributed by atoms with van der Waals surface area (Å²) in [5.41, 5.74) is -4.71. The van der Waals surface area contributed by atoms with Gasteiger partial charge in [0.05, 0.1) is 0 Å². The summed E-state index contributed by atoms with van der Waals surface area (Å²) in [5.74, 6) is -2.82. The molecule has 11 heteroatoms. The summed E-state index contributed by atoms with van der Waals surface area (Å²) in [4.78, 5) is 21.4. The Morgan fingerprint density at radius 3 is 2.10 bits per heavy atom. The van der Waals surface area contributed by atoms with E-state index in [4.69, 9.17) is 5.11 Å². The number of carbonyl (C=O) groups excluding carboxylic acids is 1. The molecule has 0 aromatic carbocycles. The number of esters is 1. The number of carboxylic acid groups (broad SMARTS) is 1. The zero-order chi connectivity index (χ0) is 16.5. The molecule has 0 unspecified atom stereocenters. The second kappa shape index (κ2) is 5.70. The van der Waals surface area contributed by atoms with Crippen LogP contribution in [0.15, 0.2) is 0 Å². The number of halogens is 6. The van der Waals surface area contributed by atoms with Crippen LogP contribution < -0.4 is 5.32 Å². The van der Waals surface area contributed by atoms with Crippen molar-refractivity contribution in [3.05, 3.63) is 0 Å². The molecule has 0 amide bonds. The quantitative estimate of drug-likeness (QED) is 0.460. The predicted octanol–water partition coefficient (Wildman–Crippen LogP) is 1.97. The first kappa shape index (κ1) is 17.5. The van der Waals surface area contributed by atoms with Crippen molar-refractivity contribution in [3.63, 3.8) is 0 Å². The lowest BCUT2D eigenvalue weighted by molar-refractivity contribution is -0.369. The SMILES string of the molecule is O=C(O)CCCC[C@@H]1NC(C(F)(F)F)(C(F)(F)F)OC1=O. The minimum Gasteiger partial charge on any atom is -0.481 e. The first-order valence-corrected chi connectivity index (χ1v) is 5.76. The highest BCUT2D eigenvalue weighted by Gasteiger charge is 2.78. The molecular weight excluding hydrogens is 312 g/mol. The van der Waals surface area contributed by atoms with E-state index in [1.165, 1.54) is 0 Å². The molecule has 0 aromatic rings. The molecule has 0 saturated carbocycles. The Hall–Kier alpha value is -1.52. The van der Waals surface area contributed by atoms with Gasteiger partial charge in [-0.05, 0) is 12.8 Å². The lowest BCUT2D eigenvalue weighted by Crippen LogP contribution is -2.65. The highest BCUT2D eigenvalue weighted by Crippen LogP contribution is 2.47. The van der Waals surface area contributed by atoms with Gasteiger partial charge < -0.3 is 9.84 Å². The van der Waals surface area contributed by atoms with Crippen LogP contribution in [0.3, 0.4) is 0 Å². The third-order valence-electron chi connectivity index (χ3n) is 2.85. The van der Waals surface area contributed by atoms with Crippen LogP contribution in [0, 0.1) is 0 Å². The summed E-state index contributed by atoms with van der Waals surface area (Å²) in [6.07, 6.45) is -12.4. The van der Waals surface area contributed by atoms with Gasteiger partial charge in [-0.2, -0.15) is 26.3 Å². The molecule has 2 N–H and O–H groups in total.